The van der Waals surface area contributed by atoms with Crippen molar-refractivity contribution in [2.75, 3.05) is 10.6 Å². The Hall–Kier alpha value is -2.18. The number of carbonyl (C=O) groups is 2. The summed E-state index contributed by atoms with van der Waals surface area (Å²) in [7, 11) is 0. The summed E-state index contributed by atoms with van der Waals surface area (Å²) in [6.45, 7) is 0. The lowest BCUT2D eigenvalue weighted by molar-refractivity contribution is -0.138. The molecular weight excluding hydrogens is 200 g/mol. The zero-order chi connectivity index (χ0) is 10.8. The van der Waals surface area contributed by atoms with Crippen LogP contribution in [0.3, 0.4) is 0 Å². The smallest absolute Gasteiger partial charge is 0.305 e. The van der Waals surface area contributed by atoms with Gasteiger partial charge in [0.05, 0.1) is 12.6 Å². The average molecular weight is 208 g/mol. The molecule has 0 aliphatic carbocycles. The van der Waals surface area contributed by atoms with Gasteiger partial charge in [-0.2, -0.15) is 0 Å². The van der Waals surface area contributed by atoms with E-state index in [0.717, 1.165) is 0 Å². The third-order valence-corrected chi connectivity index (χ3v) is 1.98. The SMILES string of the molecule is O=C(O)CC1Nc2ncncc2NC1=O. The van der Waals surface area contributed by atoms with Crippen LogP contribution in [0.25, 0.3) is 0 Å². The van der Waals surface area contributed by atoms with E-state index >= 15 is 0 Å². The molecule has 0 bridgehead atoms. The van der Waals surface area contributed by atoms with Gasteiger partial charge in [-0.05, 0) is 0 Å². The molecule has 7 nitrogen and oxygen atoms in total. The van der Waals surface area contributed by atoms with Crippen molar-refractivity contribution in [1.82, 2.24) is 9.97 Å². The molecule has 0 fully saturated rings. The lowest BCUT2D eigenvalue weighted by atomic mass is 10.1. The summed E-state index contributed by atoms with van der Waals surface area (Å²) in [5, 5.41) is 13.8. The van der Waals surface area contributed by atoms with Crippen molar-refractivity contribution in [3.63, 3.8) is 0 Å². The van der Waals surface area contributed by atoms with Gasteiger partial charge in [-0.3, -0.25) is 9.59 Å². The van der Waals surface area contributed by atoms with E-state index < -0.39 is 12.0 Å². The predicted octanol–water partition coefficient (Wildman–Crippen LogP) is -0.316. The van der Waals surface area contributed by atoms with Gasteiger partial charge in [0.1, 0.15) is 18.1 Å². The number of carboxylic acids is 1. The van der Waals surface area contributed by atoms with Crippen LogP contribution in [-0.2, 0) is 9.59 Å². The molecule has 2 heterocycles. The Balaban J connectivity index is 2.22. The molecule has 1 atom stereocenters. The van der Waals surface area contributed by atoms with Gasteiger partial charge in [0.15, 0.2) is 5.82 Å². The van der Waals surface area contributed by atoms with E-state index in [1.165, 1.54) is 12.5 Å². The summed E-state index contributed by atoms with van der Waals surface area (Å²) in [5.41, 5.74) is 0.462. The van der Waals surface area contributed by atoms with Gasteiger partial charge in [0.25, 0.3) is 0 Å². The van der Waals surface area contributed by atoms with Gasteiger partial charge in [-0.15, -0.1) is 0 Å². The van der Waals surface area contributed by atoms with Crippen LogP contribution in [0.1, 0.15) is 6.42 Å². The van der Waals surface area contributed by atoms with Crippen LogP contribution in [0.2, 0.25) is 0 Å². The molecular formula is C8H8N4O3. The molecule has 0 spiro atoms. The molecule has 2 rings (SSSR count). The van der Waals surface area contributed by atoms with Crippen molar-refractivity contribution in [1.29, 1.82) is 0 Å². The maximum atomic E-state index is 11.4. The molecule has 1 aromatic heterocycles. The van der Waals surface area contributed by atoms with E-state index in [0.29, 0.717) is 11.5 Å². The van der Waals surface area contributed by atoms with E-state index in [9.17, 15) is 9.59 Å². The number of hydrogen-bond acceptors (Lipinski definition) is 5. The van der Waals surface area contributed by atoms with E-state index in [4.69, 9.17) is 5.11 Å². The fourth-order valence-corrected chi connectivity index (χ4v) is 1.30. The van der Waals surface area contributed by atoms with Gasteiger partial charge in [0, 0.05) is 0 Å². The highest BCUT2D eigenvalue weighted by atomic mass is 16.4. The number of hydrogen-bond donors (Lipinski definition) is 3. The van der Waals surface area contributed by atoms with Crippen molar-refractivity contribution in [2.45, 2.75) is 12.5 Å². The third-order valence-electron chi connectivity index (χ3n) is 1.98. The van der Waals surface area contributed by atoms with Crippen molar-refractivity contribution in [3.05, 3.63) is 12.5 Å². The molecule has 0 aromatic carbocycles. The number of carbonyl (C=O) groups excluding carboxylic acids is 1. The Morgan fingerprint density at radius 2 is 2.40 bits per heavy atom. The molecule has 1 unspecified atom stereocenters. The highest BCUT2D eigenvalue weighted by molar-refractivity contribution is 6.03. The van der Waals surface area contributed by atoms with E-state index in [1.807, 2.05) is 0 Å². The largest absolute Gasteiger partial charge is 0.481 e. The number of anilines is 2. The first kappa shape index (κ1) is 9.38. The minimum Gasteiger partial charge on any atom is -0.481 e. The Bertz CT molecular complexity index is 420. The summed E-state index contributed by atoms with van der Waals surface area (Å²) in [6.07, 6.45) is 2.49. The summed E-state index contributed by atoms with van der Waals surface area (Å²) in [6, 6.07) is -0.787. The van der Waals surface area contributed by atoms with Crippen molar-refractivity contribution in [3.8, 4) is 0 Å². The number of nitrogens with zero attached hydrogens (tertiary/aromatic N) is 2. The van der Waals surface area contributed by atoms with Crippen LogP contribution < -0.4 is 10.6 Å². The van der Waals surface area contributed by atoms with Crippen LogP contribution in [0.4, 0.5) is 11.5 Å². The average Bonchev–Trinajstić information content (AvgIpc) is 2.18. The van der Waals surface area contributed by atoms with Crippen molar-refractivity contribution >= 4 is 23.4 Å². The maximum absolute atomic E-state index is 11.4. The van der Waals surface area contributed by atoms with Gasteiger partial charge in [-0.25, -0.2) is 9.97 Å². The number of carboxylic acid groups (broad SMARTS) is 1. The summed E-state index contributed by atoms with van der Waals surface area (Å²) >= 11 is 0. The molecule has 1 aliphatic heterocycles. The number of nitrogens with one attached hydrogen (secondary N) is 2. The summed E-state index contributed by atoms with van der Waals surface area (Å²) < 4.78 is 0. The van der Waals surface area contributed by atoms with Crippen LogP contribution >= 0.6 is 0 Å². The number of aromatic nitrogens is 2. The molecule has 0 saturated carbocycles. The molecule has 78 valence electrons. The Labute approximate surface area is 84.5 Å². The predicted molar refractivity (Wildman–Crippen MR) is 50.3 cm³/mol. The molecule has 1 aromatic rings. The van der Waals surface area contributed by atoms with E-state index in [-0.39, 0.29) is 12.3 Å². The van der Waals surface area contributed by atoms with Crippen LogP contribution in [0.5, 0.6) is 0 Å². The number of aliphatic carboxylic acids is 1. The zero-order valence-corrected chi connectivity index (χ0v) is 7.60. The first-order valence-corrected chi connectivity index (χ1v) is 4.26. The second-order valence-corrected chi connectivity index (χ2v) is 3.07. The van der Waals surface area contributed by atoms with Gasteiger partial charge in [0.2, 0.25) is 5.91 Å². The molecule has 1 amide bonds. The standard InChI is InChI=1S/C8H8N4O3/c13-6(14)1-4-8(15)12-5-2-9-3-10-7(5)11-4/h2-4H,1H2,(H,12,15)(H,13,14)(H,9,10,11). The molecule has 15 heavy (non-hydrogen) atoms. The molecule has 3 N–H and O–H groups in total. The minimum absolute atomic E-state index is 0.282. The fraction of sp³-hybridized carbons (Fsp3) is 0.250. The zero-order valence-electron chi connectivity index (χ0n) is 7.60. The number of rotatable bonds is 2. The van der Waals surface area contributed by atoms with Crippen molar-refractivity contribution < 1.29 is 14.7 Å². The van der Waals surface area contributed by atoms with Gasteiger partial charge in [-0.1, -0.05) is 0 Å². The second-order valence-electron chi connectivity index (χ2n) is 3.07. The quantitative estimate of drug-likeness (QED) is 0.615. The topological polar surface area (TPSA) is 104 Å². The fourth-order valence-electron chi connectivity index (χ4n) is 1.30. The molecule has 7 heteroatoms. The van der Waals surface area contributed by atoms with Crippen LogP contribution in [-0.4, -0.2) is 33.0 Å². The third kappa shape index (κ3) is 1.85. The Kier molecular flexibility index (Phi) is 2.20. The first-order chi connectivity index (χ1) is 7.16. The monoisotopic (exact) mass is 208 g/mol. The molecule has 0 radical (unpaired) electrons. The number of fused-ring (bicyclic) bond motifs is 1. The normalized spacial score (nSPS) is 18.7. The van der Waals surface area contributed by atoms with Crippen LogP contribution in [0.15, 0.2) is 12.5 Å². The highest BCUT2D eigenvalue weighted by Crippen LogP contribution is 2.23. The number of amides is 1. The first-order valence-electron chi connectivity index (χ1n) is 4.26. The minimum atomic E-state index is -1.04. The molecule has 0 saturated heterocycles. The van der Waals surface area contributed by atoms with E-state index in [1.54, 1.807) is 0 Å². The highest BCUT2D eigenvalue weighted by Gasteiger charge is 2.27. The Morgan fingerprint density at radius 1 is 1.60 bits per heavy atom. The summed E-state index contributed by atoms with van der Waals surface area (Å²) in [5.74, 6) is -0.990. The maximum Gasteiger partial charge on any atom is 0.305 e. The molecule has 1 aliphatic rings. The van der Waals surface area contributed by atoms with Gasteiger partial charge >= 0.3 is 5.97 Å². The van der Waals surface area contributed by atoms with Crippen LogP contribution in [0, 0.1) is 0 Å². The second kappa shape index (κ2) is 3.52. The summed E-state index contributed by atoms with van der Waals surface area (Å²) in [4.78, 5) is 29.5. The Morgan fingerprint density at radius 3 is 3.13 bits per heavy atom. The van der Waals surface area contributed by atoms with E-state index in [2.05, 4.69) is 20.6 Å². The van der Waals surface area contributed by atoms with Gasteiger partial charge < -0.3 is 15.7 Å². The van der Waals surface area contributed by atoms with Crippen molar-refractivity contribution in [2.24, 2.45) is 0 Å². The lowest BCUT2D eigenvalue weighted by Gasteiger charge is -2.23. The lowest BCUT2D eigenvalue weighted by Crippen LogP contribution is -2.40.